The van der Waals surface area contributed by atoms with Gasteiger partial charge in [-0.15, -0.1) is 11.3 Å². The van der Waals surface area contributed by atoms with Gasteiger partial charge in [-0.1, -0.05) is 12.1 Å². The Morgan fingerprint density at radius 1 is 1.22 bits per heavy atom. The smallest absolute Gasteiger partial charge is 0.341 e. The highest BCUT2D eigenvalue weighted by Gasteiger charge is 2.33. The molecule has 3 heterocycles. The van der Waals surface area contributed by atoms with Crippen molar-refractivity contribution >= 4 is 38.2 Å². The van der Waals surface area contributed by atoms with Gasteiger partial charge in [-0.3, -0.25) is 9.69 Å². The zero-order valence-corrected chi connectivity index (χ0v) is 20.3. The maximum atomic E-state index is 12.9. The maximum Gasteiger partial charge on any atom is 0.341 e. The number of ether oxygens (including phenoxy) is 1. The molecule has 1 saturated heterocycles. The van der Waals surface area contributed by atoms with Crippen LogP contribution < -0.4 is 5.32 Å². The van der Waals surface area contributed by atoms with E-state index < -0.39 is 16.0 Å². The fourth-order valence-electron chi connectivity index (χ4n) is 3.54. The third-order valence-electron chi connectivity index (χ3n) is 5.14. The van der Waals surface area contributed by atoms with Crippen molar-refractivity contribution in [3.63, 3.8) is 0 Å². The Morgan fingerprint density at radius 2 is 1.91 bits per heavy atom. The number of anilines is 1. The molecular weight excluding hydrogens is 456 g/mol. The van der Waals surface area contributed by atoms with E-state index in [1.54, 1.807) is 26.8 Å². The number of rotatable bonds is 8. The second kappa shape index (κ2) is 10.1. The minimum Gasteiger partial charge on any atom is -0.462 e. The van der Waals surface area contributed by atoms with E-state index in [0.29, 0.717) is 29.3 Å². The predicted octanol–water partition coefficient (Wildman–Crippen LogP) is 2.04. The number of aryl methyl sites for hydroxylation is 3. The second-order valence-electron chi connectivity index (χ2n) is 7.41. The zero-order chi connectivity index (χ0) is 23.5. The summed E-state index contributed by atoms with van der Waals surface area (Å²) in [6.45, 7) is 8.56. The Hall–Kier alpha value is -2.28. The topological polar surface area (TPSA) is 122 Å². The van der Waals surface area contributed by atoms with Gasteiger partial charge in [0.15, 0.2) is 5.76 Å². The summed E-state index contributed by atoms with van der Waals surface area (Å²) in [5.41, 5.74) is 0.696. The lowest BCUT2D eigenvalue weighted by molar-refractivity contribution is -0.117. The van der Waals surface area contributed by atoms with Crippen molar-refractivity contribution in [3.05, 3.63) is 28.0 Å². The lowest BCUT2D eigenvalue weighted by Crippen LogP contribution is -2.50. The highest BCUT2D eigenvalue weighted by atomic mass is 32.2. The van der Waals surface area contributed by atoms with Crippen molar-refractivity contribution in [1.29, 1.82) is 0 Å². The fraction of sp³-hybridized carbons (Fsp3) is 0.550. The van der Waals surface area contributed by atoms with Gasteiger partial charge in [-0.25, -0.2) is 13.2 Å². The standard InChI is InChI=1S/C20H28N4O6S2/c1-5-15-11-16(20(26)29-6-2)19(31-15)21-17(25)12-23-7-9-24(10-8-23)32(27,28)18-13(3)22-30-14(18)4/h11H,5-10,12H2,1-4H3,(H,21,25). The molecule has 0 spiro atoms. The minimum absolute atomic E-state index is 0.0980. The number of piperazine rings is 1. The van der Waals surface area contributed by atoms with Gasteiger partial charge in [-0.05, 0) is 33.3 Å². The summed E-state index contributed by atoms with van der Waals surface area (Å²) in [4.78, 5) is 27.8. The molecule has 1 fully saturated rings. The molecule has 1 aliphatic rings. The van der Waals surface area contributed by atoms with E-state index in [-0.39, 0.29) is 42.8 Å². The average molecular weight is 485 g/mol. The molecule has 3 rings (SSSR count). The molecule has 176 valence electrons. The van der Waals surface area contributed by atoms with E-state index in [1.807, 2.05) is 11.8 Å². The molecule has 0 atom stereocenters. The normalized spacial score (nSPS) is 15.6. The number of aromatic nitrogens is 1. The summed E-state index contributed by atoms with van der Waals surface area (Å²) in [5, 5.41) is 7.03. The Kier molecular flexibility index (Phi) is 7.70. The molecule has 2 aromatic heterocycles. The Labute approximate surface area is 191 Å². The summed E-state index contributed by atoms with van der Waals surface area (Å²) >= 11 is 1.36. The van der Waals surface area contributed by atoms with Gasteiger partial charge < -0.3 is 14.6 Å². The van der Waals surface area contributed by atoms with E-state index in [4.69, 9.17) is 9.26 Å². The first-order chi connectivity index (χ1) is 15.2. The molecule has 2 aromatic rings. The van der Waals surface area contributed by atoms with Crippen molar-refractivity contribution in [1.82, 2.24) is 14.4 Å². The SMILES string of the molecule is CCOC(=O)c1cc(CC)sc1NC(=O)CN1CCN(S(=O)(=O)c2c(C)noc2C)CC1. The van der Waals surface area contributed by atoms with Gasteiger partial charge in [-0.2, -0.15) is 4.31 Å². The molecule has 0 bridgehead atoms. The first-order valence-corrected chi connectivity index (χ1v) is 12.7. The number of carbonyl (C=O) groups excluding carboxylic acids is 2. The molecule has 0 aromatic carbocycles. The second-order valence-corrected chi connectivity index (χ2v) is 10.4. The average Bonchev–Trinajstić information content (AvgIpc) is 3.31. The summed E-state index contributed by atoms with van der Waals surface area (Å²) in [5.74, 6) is -0.455. The van der Waals surface area contributed by atoms with Gasteiger partial charge in [0.25, 0.3) is 0 Å². The van der Waals surface area contributed by atoms with Crippen LogP contribution in [0.3, 0.4) is 0 Å². The van der Waals surface area contributed by atoms with E-state index in [2.05, 4.69) is 10.5 Å². The lowest BCUT2D eigenvalue weighted by atomic mass is 10.2. The van der Waals surface area contributed by atoms with Crippen LogP contribution in [0.2, 0.25) is 0 Å². The number of amides is 1. The molecule has 0 radical (unpaired) electrons. The molecule has 0 saturated carbocycles. The number of esters is 1. The van der Waals surface area contributed by atoms with Crippen molar-refractivity contribution in [2.45, 2.75) is 39.0 Å². The highest BCUT2D eigenvalue weighted by Crippen LogP contribution is 2.29. The molecule has 10 nitrogen and oxygen atoms in total. The van der Waals surface area contributed by atoms with Gasteiger partial charge in [0, 0.05) is 31.1 Å². The van der Waals surface area contributed by atoms with Gasteiger partial charge in [0.05, 0.1) is 18.7 Å². The van der Waals surface area contributed by atoms with Crippen molar-refractivity contribution in [2.75, 3.05) is 44.6 Å². The quantitative estimate of drug-likeness (QED) is 0.565. The number of hydrogen-bond acceptors (Lipinski definition) is 9. The van der Waals surface area contributed by atoms with Gasteiger partial charge >= 0.3 is 5.97 Å². The van der Waals surface area contributed by atoms with Crippen LogP contribution in [0.5, 0.6) is 0 Å². The lowest BCUT2D eigenvalue weighted by Gasteiger charge is -2.33. The highest BCUT2D eigenvalue weighted by molar-refractivity contribution is 7.89. The molecule has 1 N–H and O–H groups in total. The molecule has 12 heteroatoms. The number of carbonyl (C=O) groups is 2. The van der Waals surface area contributed by atoms with E-state index in [0.717, 1.165) is 11.3 Å². The molecule has 32 heavy (non-hydrogen) atoms. The molecule has 0 unspecified atom stereocenters. The van der Waals surface area contributed by atoms with Crippen LogP contribution in [-0.2, 0) is 26.0 Å². The first-order valence-electron chi connectivity index (χ1n) is 10.4. The Morgan fingerprint density at radius 3 is 2.47 bits per heavy atom. The fourth-order valence-corrected chi connectivity index (χ4v) is 6.25. The minimum atomic E-state index is -3.70. The van der Waals surface area contributed by atoms with Crippen LogP contribution >= 0.6 is 11.3 Å². The van der Waals surface area contributed by atoms with Gasteiger partial charge in [0.2, 0.25) is 15.9 Å². The van der Waals surface area contributed by atoms with E-state index >= 15 is 0 Å². The molecular formula is C20H28N4O6S2. The Balaban J connectivity index is 1.60. The number of nitrogens with zero attached hydrogens (tertiary/aromatic N) is 3. The molecule has 1 amide bonds. The Bertz CT molecular complexity index is 1060. The van der Waals surface area contributed by atoms with Crippen LogP contribution in [0, 0.1) is 13.8 Å². The summed E-state index contributed by atoms with van der Waals surface area (Å²) in [7, 11) is -3.70. The summed E-state index contributed by atoms with van der Waals surface area (Å²) in [6.07, 6.45) is 0.745. The first kappa shape index (κ1) is 24.4. The van der Waals surface area contributed by atoms with E-state index in [9.17, 15) is 18.0 Å². The summed E-state index contributed by atoms with van der Waals surface area (Å²) < 4.78 is 37.3. The van der Waals surface area contributed by atoms with Crippen LogP contribution in [0.4, 0.5) is 5.00 Å². The maximum absolute atomic E-state index is 12.9. The van der Waals surface area contributed by atoms with Gasteiger partial charge in [0.1, 0.15) is 15.6 Å². The predicted molar refractivity (Wildman–Crippen MR) is 119 cm³/mol. The van der Waals surface area contributed by atoms with Crippen LogP contribution in [0.1, 0.15) is 40.5 Å². The monoisotopic (exact) mass is 484 g/mol. The van der Waals surface area contributed by atoms with Crippen molar-refractivity contribution in [2.24, 2.45) is 0 Å². The zero-order valence-electron chi connectivity index (χ0n) is 18.6. The molecule has 1 aliphatic heterocycles. The number of nitrogens with one attached hydrogen (secondary N) is 1. The van der Waals surface area contributed by atoms with Crippen molar-refractivity contribution in [3.8, 4) is 0 Å². The van der Waals surface area contributed by atoms with Crippen LogP contribution in [-0.4, -0.2) is 74.0 Å². The number of hydrogen-bond donors (Lipinski definition) is 1. The van der Waals surface area contributed by atoms with E-state index in [1.165, 1.54) is 15.6 Å². The van der Waals surface area contributed by atoms with Crippen LogP contribution in [0.25, 0.3) is 0 Å². The largest absolute Gasteiger partial charge is 0.462 e. The number of sulfonamides is 1. The summed E-state index contributed by atoms with van der Waals surface area (Å²) in [6, 6.07) is 1.75. The number of thiophene rings is 1. The third-order valence-corrected chi connectivity index (χ3v) is 8.48. The van der Waals surface area contributed by atoms with Crippen LogP contribution in [0.15, 0.2) is 15.5 Å². The molecule has 0 aliphatic carbocycles. The van der Waals surface area contributed by atoms with Crippen molar-refractivity contribution < 1.29 is 27.3 Å². The third kappa shape index (κ3) is 5.20.